The van der Waals surface area contributed by atoms with Gasteiger partial charge in [-0.05, 0) is 44.4 Å². The predicted octanol–water partition coefficient (Wildman–Crippen LogP) is 3.04. The molecule has 1 aromatic rings. The summed E-state index contributed by atoms with van der Waals surface area (Å²) in [5, 5.41) is 31.6. The molecule has 0 aromatic heterocycles. The first kappa shape index (κ1) is 18.8. The Balaban J connectivity index is 2.47. The minimum absolute atomic E-state index is 0.472. The average molecular weight is 340 g/mol. The summed E-state index contributed by atoms with van der Waals surface area (Å²) in [5.74, 6) is 1.61. The number of fused-ring (bicyclic) bond motifs is 1. The number of aliphatic hydroxyl groups is 1. The van der Waals surface area contributed by atoms with Crippen LogP contribution in [0.15, 0.2) is 23.2 Å². The van der Waals surface area contributed by atoms with E-state index in [1.54, 1.807) is 32.0 Å². The highest BCUT2D eigenvalue weighted by atomic mass is 16.5. The van der Waals surface area contributed by atoms with Crippen LogP contribution in [0.2, 0.25) is 0 Å². The highest BCUT2D eigenvalue weighted by molar-refractivity contribution is 5.83. The van der Waals surface area contributed by atoms with Crippen molar-refractivity contribution in [2.75, 3.05) is 0 Å². The first-order chi connectivity index (χ1) is 11.8. The van der Waals surface area contributed by atoms with Gasteiger partial charge >= 0.3 is 0 Å². The molecule has 0 fully saturated rings. The Labute approximate surface area is 148 Å². The fraction of sp³-hybridized carbons (Fsp3) is 0.526. The summed E-state index contributed by atoms with van der Waals surface area (Å²) >= 11 is 0. The van der Waals surface area contributed by atoms with E-state index in [9.17, 15) is 5.11 Å². The number of rotatable bonds is 4. The second-order valence-corrected chi connectivity index (χ2v) is 7.20. The van der Waals surface area contributed by atoms with E-state index < -0.39 is 17.7 Å². The maximum atomic E-state index is 10.8. The number of amidine groups is 1. The van der Waals surface area contributed by atoms with Crippen molar-refractivity contribution in [2.45, 2.75) is 58.3 Å². The van der Waals surface area contributed by atoms with E-state index in [0.717, 1.165) is 6.42 Å². The largest absolute Gasteiger partial charge is 0.485 e. The molecule has 0 radical (unpaired) electrons. The van der Waals surface area contributed by atoms with Gasteiger partial charge in [-0.25, -0.2) is 0 Å². The summed E-state index contributed by atoms with van der Waals surface area (Å²) < 4.78 is 5.89. The molecule has 2 rings (SSSR count). The molecule has 25 heavy (non-hydrogen) atoms. The zero-order chi connectivity index (χ0) is 18.6. The van der Waals surface area contributed by atoms with E-state index in [1.807, 2.05) is 6.19 Å². The Morgan fingerprint density at radius 2 is 2.12 bits per heavy atom. The van der Waals surface area contributed by atoms with E-state index in [-0.39, 0.29) is 0 Å². The first-order valence-electron chi connectivity index (χ1n) is 8.41. The van der Waals surface area contributed by atoms with Crippen LogP contribution < -0.4 is 10.1 Å². The lowest BCUT2D eigenvalue weighted by atomic mass is 9.86. The third kappa shape index (κ3) is 4.29. The molecule has 0 saturated heterocycles. The number of ether oxygens (including phenoxy) is 1. The van der Waals surface area contributed by atoms with Crippen LogP contribution in [0.1, 0.15) is 57.7 Å². The van der Waals surface area contributed by atoms with Crippen molar-refractivity contribution < 1.29 is 9.84 Å². The summed E-state index contributed by atoms with van der Waals surface area (Å²) in [4.78, 5) is 4.63. The van der Waals surface area contributed by atoms with Gasteiger partial charge in [0.1, 0.15) is 29.3 Å². The van der Waals surface area contributed by atoms with Crippen LogP contribution in [0.4, 0.5) is 0 Å². The molecule has 2 N–H and O–H groups in total. The number of aliphatic imine (C=N–C) groups is 1. The second kappa shape index (κ2) is 7.55. The smallest absolute Gasteiger partial charge is 0.182 e. The zero-order valence-electron chi connectivity index (χ0n) is 15.1. The Bertz CT molecular complexity index is 741. The van der Waals surface area contributed by atoms with Gasteiger partial charge in [-0.15, -0.1) is 0 Å². The molecule has 1 aliphatic heterocycles. The van der Waals surface area contributed by atoms with Crippen molar-refractivity contribution in [3.8, 4) is 18.0 Å². The molecule has 6 heteroatoms. The Kier molecular flexibility index (Phi) is 5.66. The van der Waals surface area contributed by atoms with E-state index in [0.29, 0.717) is 35.1 Å². The molecule has 1 aromatic carbocycles. The van der Waals surface area contributed by atoms with Gasteiger partial charge in [0, 0.05) is 12.0 Å². The highest BCUT2D eigenvalue weighted by Crippen LogP contribution is 2.42. The molecular weight excluding hydrogens is 316 g/mol. The molecule has 0 spiro atoms. The van der Waals surface area contributed by atoms with Crippen molar-refractivity contribution in [3.63, 3.8) is 0 Å². The van der Waals surface area contributed by atoms with Crippen LogP contribution in [-0.2, 0) is 0 Å². The van der Waals surface area contributed by atoms with Gasteiger partial charge in [0.25, 0.3) is 0 Å². The lowest BCUT2D eigenvalue weighted by Gasteiger charge is -2.40. The summed E-state index contributed by atoms with van der Waals surface area (Å²) in [5.41, 5.74) is 0.310. The van der Waals surface area contributed by atoms with Crippen LogP contribution in [0, 0.1) is 28.7 Å². The van der Waals surface area contributed by atoms with Gasteiger partial charge in [0.15, 0.2) is 6.19 Å². The summed E-state index contributed by atoms with van der Waals surface area (Å²) in [6, 6.07) is 6.60. The molecule has 132 valence electrons. The first-order valence-corrected chi connectivity index (χ1v) is 8.41. The topological polar surface area (TPSA) is 101 Å². The highest BCUT2D eigenvalue weighted by Gasteiger charge is 2.43. The zero-order valence-corrected chi connectivity index (χ0v) is 15.1. The molecule has 6 nitrogen and oxygen atoms in total. The van der Waals surface area contributed by atoms with Gasteiger partial charge in [0.05, 0.1) is 11.6 Å². The molecule has 2 atom stereocenters. The minimum atomic E-state index is -0.900. The maximum absolute atomic E-state index is 10.8. The fourth-order valence-electron chi connectivity index (χ4n) is 2.79. The molecule has 0 bridgehead atoms. The van der Waals surface area contributed by atoms with E-state index in [4.69, 9.17) is 15.3 Å². The lowest BCUT2D eigenvalue weighted by Crippen LogP contribution is -2.48. The predicted molar refractivity (Wildman–Crippen MR) is 94.9 cm³/mol. The molecule has 1 heterocycles. The molecule has 0 unspecified atom stereocenters. The van der Waals surface area contributed by atoms with Crippen molar-refractivity contribution in [1.29, 1.82) is 10.5 Å². The van der Waals surface area contributed by atoms with Crippen LogP contribution in [-0.4, -0.2) is 22.6 Å². The van der Waals surface area contributed by atoms with Crippen LogP contribution in [0.5, 0.6) is 5.75 Å². The SMILES string of the molecule is CC(C)CCC(=N[C@@H]1c2cc(C#N)ccc2OC(C)(C)[C@H]1O)NC#N. The standard InChI is InChI=1S/C19H24N4O2/c1-12(2)5-8-16(22-11-21)23-17-14-9-13(10-20)6-7-15(14)25-19(3,4)18(17)24/h6-7,9,12,17-18,24H,5,8H2,1-4H3,(H,22,23)/t17-,18+/m1/s1. The second-order valence-electron chi connectivity index (χ2n) is 7.20. The molecule has 0 amide bonds. The van der Waals surface area contributed by atoms with Crippen molar-refractivity contribution >= 4 is 5.84 Å². The minimum Gasteiger partial charge on any atom is -0.485 e. The summed E-state index contributed by atoms with van der Waals surface area (Å²) in [6.45, 7) is 7.80. The van der Waals surface area contributed by atoms with Crippen LogP contribution in [0.25, 0.3) is 0 Å². The van der Waals surface area contributed by atoms with Gasteiger partial charge in [-0.2, -0.15) is 10.5 Å². The number of nitriles is 2. The van der Waals surface area contributed by atoms with E-state index in [1.165, 1.54) is 0 Å². The van der Waals surface area contributed by atoms with E-state index >= 15 is 0 Å². The summed E-state index contributed by atoms with van der Waals surface area (Å²) in [6.07, 6.45) is 2.51. The van der Waals surface area contributed by atoms with Crippen molar-refractivity contribution in [3.05, 3.63) is 29.3 Å². The number of nitrogens with one attached hydrogen (secondary N) is 1. The van der Waals surface area contributed by atoms with Gasteiger partial charge in [0.2, 0.25) is 0 Å². The van der Waals surface area contributed by atoms with Gasteiger partial charge in [-0.1, -0.05) is 13.8 Å². The monoisotopic (exact) mass is 340 g/mol. The van der Waals surface area contributed by atoms with E-state index in [2.05, 4.69) is 30.2 Å². The number of hydrogen-bond acceptors (Lipinski definition) is 5. The van der Waals surface area contributed by atoms with Crippen LogP contribution >= 0.6 is 0 Å². The van der Waals surface area contributed by atoms with Gasteiger partial charge in [-0.3, -0.25) is 10.3 Å². The fourth-order valence-corrected chi connectivity index (χ4v) is 2.79. The number of hydrogen-bond donors (Lipinski definition) is 2. The average Bonchev–Trinajstić information content (AvgIpc) is 2.56. The third-order valence-corrected chi connectivity index (χ3v) is 4.30. The molecule has 0 saturated carbocycles. The maximum Gasteiger partial charge on any atom is 0.182 e. The molecule has 0 aliphatic carbocycles. The number of aliphatic hydroxyl groups excluding tert-OH is 1. The Morgan fingerprint density at radius 3 is 2.72 bits per heavy atom. The Hall–Kier alpha value is -2.57. The normalized spacial score (nSPS) is 21.7. The molecule has 1 aliphatic rings. The van der Waals surface area contributed by atoms with Crippen LogP contribution in [0.3, 0.4) is 0 Å². The van der Waals surface area contributed by atoms with Crippen molar-refractivity contribution in [1.82, 2.24) is 5.32 Å². The Morgan fingerprint density at radius 1 is 1.40 bits per heavy atom. The molecular formula is C19H24N4O2. The lowest BCUT2D eigenvalue weighted by molar-refractivity contribution is -0.0567. The third-order valence-electron chi connectivity index (χ3n) is 4.30. The quantitative estimate of drug-likeness (QED) is 0.380. The van der Waals surface area contributed by atoms with Crippen molar-refractivity contribution in [2.24, 2.45) is 10.9 Å². The summed E-state index contributed by atoms with van der Waals surface area (Å²) in [7, 11) is 0. The number of benzene rings is 1. The van der Waals surface area contributed by atoms with Gasteiger partial charge < -0.3 is 9.84 Å². The number of nitrogens with zero attached hydrogens (tertiary/aromatic N) is 3.